The molecule has 0 bridgehead atoms. The molecule has 2 rings (SSSR count). The molecule has 0 amide bonds. The fraction of sp³-hybridized carbons (Fsp3) is 0.857. The van der Waals surface area contributed by atoms with Crippen LogP contribution in [0.1, 0.15) is 32.6 Å². The van der Waals surface area contributed by atoms with Crippen LogP contribution in [0.15, 0.2) is 12.2 Å². The minimum Gasteiger partial charge on any atom is -0.377 e. The molecule has 3 nitrogen and oxygen atoms in total. The first-order chi connectivity index (χ1) is 8.28. The average molecular weight is 238 g/mol. The second-order valence-corrected chi connectivity index (χ2v) is 5.44. The molecule has 0 aromatic carbocycles. The lowest BCUT2D eigenvalue weighted by Gasteiger charge is -2.34. The fourth-order valence-corrected chi connectivity index (χ4v) is 2.87. The number of ether oxygens (including phenoxy) is 1. The summed E-state index contributed by atoms with van der Waals surface area (Å²) in [4.78, 5) is 2.55. The van der Waals surface area contributed by atoms with Gasteiger partial charge < -0.3 is 15.4 Å². The van der Waals surface area contributed by atoms with E-state index in [9.17, 15) is 0 Å². The molecule has 1 aliphatic carbocycles. The third-order valence-electron chi connectivity index (χ3n) is 3.72. The molecule has 0 radical (unpaired) electrons. The molecule has 0 spiro atoms. The van der Waals surface area contributed by atoms with Crippen LogP contribution in [0.25, 0.3) is 0 Å². The molecular formula is C14H26N2O. The minimum atomic E-state index is 0.289. The van der Waals surface area contributed by atoms with Gasteiger partial charge >= 0.3 is 0 Å². The summed E-state index contributed by atoms with van der Waals surface area (Å²) in [6, 6.07) is 0.289. The number of hydrogen-bond donors (Lipinski definition) is 1. The van der Waals surface area contributed by atoms with Crippen LogP contribution in [-0.4, -0.2) is 43.3 Å². The molecule has 3 unspecified atom stereocenters. The minimum absolute atomic E-state index is 0.289. The van der Waals surface area contributed by atoms with Crippen molar-refractivity contribution in [3.05, 3.63) is 12.2 Å². The van der Waals surface area contributed by atoms with Gasteiger partial charge in [0.1, 0.15) is 0 Å². The molecule has 0 aromatic rings. The van der Waals surface area contributed by atoms with Crippen LogP contribution < -0.4 is 5.73 Å². The van der Waals surface area contributed by atoms with E-state index in [0.29, 0.717) is 12.0 Å². The lowest BCUT2D eigenvalue weighted by atomic mass is 10.0. The summed E-state index contributed by atoms with van der Waals surface area (Å²) in [5.41, 5.74) is 5.89. The monoisotopic (exact) mass is 238 g/mol. The Balaban J connectivity index is 1.71. The lowest BCUT2D eigenvalue weighted by Crippen LogP contribution is -2.42. The van der Waals surface area contributed by atoms with Crippen LogP contribution >= 0.6 is 0 Å². The Bertz CT molecular complexity index is 255. The Kier molecular flexibility index (Phi) is 5.01. The van der Waals surface area contributed by atoms with E-state index >= 15 is 0 Å². The van der Waals surface area contributed by atoms with Crippen molar-refractivity contribution in [1.29, 1.82) is 0 Å². The summed E-state index contributed by atoms with van der Waals surface area (Å²) in [7, 11) is 0. The number of nitrogens with two attached hydrogens (primary N) is 1. The van der Waals surface area contributed by atoms with E-state index in [-0.39, 0.29) is 6.04 Å². The van der Waals surface area contributed by atoms with E-state index in [1.54, 1.807) is 0 Å². The van der Waals surface area contributed by atoms with Crippen molar-refractivity contribution in [2.75, 3.05) is 26.2 Å². The van der Waals surface area contributed by atoms with Gasteiger partial charge in [-0.25, -0.2) is 0 Å². The quantitative estimate of drug-likeness (QED) is 0.742. The second kappa shape index (κ2) is 6.53. The average Bonchev–Trinajstić information content (AvgIpc) is 2.73. The van der Waals surface area contributed by atoms with Gasteiger partial charge in [-0.15, -0.1) is 0 Å². The molecule has 1 heterocycles. The van der Waals surface area contributed by atoms with Crippen molar-refractivity contribution in [1.82, 2.24) is 4.90 Å². The number of nitrogens with zero attached hydrogens (tertiary/aromatic N) is 1. The summed E-state index contributed by atoms with van der Waals surface area (Å²) >= 11 is 0. The van der Waals surface area contributed by atoms with Crippen LogP contribution in [0.2, 0.25) is 0 Å². The highest BCUT2D eigenvalue weighted by Gasteiger charge is 2.24. The molecule has 98 valence electrons. The molecule has 1 saturated heterocycles. The highest BCUT2D eigenvalue weighted by molar-refractivity contribution is 5.05. The molecule has 0 saturated carbocycles. The van der Waals surface area contributed by atoms with Gasteiger partial charge in [0.25, 0.3) is 0 Å². The van der Waals surface area contributed by atoms with Gasteiger partial charge in [0.2, 0.25) is 0 Å². The van der Waals surface area contributed by atoms with Gasteiger partial charge in [-0.2, -0.15) is 0 Å². The molecule has 1 aliphatic heterocycles. The van der Waals surface area contributed by atoms with Gasteiger partial charge in [-0.3, -0.25) is 0 Å². The molecule has 17 heavy (non-hydrogen) atoms. The SMILES string of the molecule is CCCOC1CCCN(CC2C=CC(N)C2)C1. The molecule has 2 N–H and O–H groups in total. The lowest BCUT2D eigenvalue weighted by molar-refractivity contribution is -0.00244. The molecule has 3 atom stereocenters. The Labute approximate surface area is 105 Å². The molecule has 2 aliphatic rings. The van der Waals surface area contributed by atoms with Crippen LogP contribution in [0.3, 0.4) is 0 Å². The van der Waals surface area contributed by atoms with E-state index < -0.39 is 0 Å². The van der Waals surface area contributed by atoms with Crippen LogP contribution in [0, 0.1) is 5.92 Å². The van der Waals surface area contributed by atoms with Gasteiger partial charge in [0.05, 0.1) is 6.10 Å². The van der Waals surface area contributed by atoms with E-state index in [1.165, 1.54) is 19.4 Å². The van der Waals surface area contributed by atoms with Gasteiger partial charge in [-0.1, -0.05) is 19.1 Å². The number of likely N-dealkylation sites (tertiary alicyclic amines) is 1. The summed E-state index contributed by atoms with van der Waals surface area (Å²) in [5.74, 6) is 0.662. The first-order valence-corrected chi connectivity index (χ1v) is 7.05. The number of rotatable bonds is 5. The normalized spacial score (nSPS) is 34.4. The van der Waals surface area contributed by atoms with Crippen molar-refractivity contribution < 1.29 is 4.74 Å². The van der Waals surface area contributed by atoms with E-state index in [4.69, 9.17) is 10.5 Å². The Morgan fingerprint density at radius 3 is 3.00 bits per heavy atom. The van der Waals surface area contributed by atoms with Crippen LogP contribution in [-0.2, 0) is 4.74 Å². The van der Waals surface area contributed by atoms with Gasteiger partial charge in [0, 0.05) is 25.7 Å². The van der Waals surface area contributed by atoms with Crippen molar-refractivity contribution in [3.63, 3.8) is 0 Å². The van der Waals surface area contributed by atoms with Crippen LogP contribution in [0.4, 0.5) is 0 Å². The first kappa shape index (κ1) is 13.1. The Hall–Kier alpha value is -0.380. The maximum absolute atomic E-state index is 5.89. The van der Waals surface area contributed by atoms with Crippen molar-refractivity contribution >= 4 is 0 Å². The van der Waals surface area contributed by atoms with Crippen molar-refractivity contribution in [2.24, 2.45) is 11.7 Å². The topological polar surface area (TPSA) is 38.5 Å². The third-order valence-corrected chi connectivity index (χ3v) is 3.72. The first-order valence-electron chi connectivity index (χ1n) is 7.05. The third kappa shape index (κ3) is 4.09. The maximum Gasteiger partial charge on any atom is 0.0702 e. The largest absolute Gasteiger partial charge is 0.377 e. The van der Waals surface area contributed by atoms with E-state index in [1.807, 2.05) is 0 Å². The van der Waals surface area contributed by atoms with Crippen molar-refractivity contribution in [2.45, 2.75) is 44.8 Å². The summed E-state index contributed by atoms with van der Waals surface area (Å²) in [6.45, 7) is 6.58. The summed E-state index contributed by atoms with van der Waals surface area (Å²) in [6.07, 6.45) is 9.66. The fourth-order valence-electron chi connectivity index (χ4n) is 2.87. The maximum atomic E-state index is 5.89. The Morgan fingerprint density at radius 2 is 2.29 bits per heavy atom. The molecule has 3 heteroatoms. The zero-order chi connectivity index (χ0) is 12.1. The molecular weight excluding hydrogens is 212 g/mol. The highest BCUT2D eigenvalue weighted by atomic mass is 16.5. The Morgan fingerprint density at radius 1 is 1.41 bits per heavy atom. The standard InChI is InChI=1S/C14H26N2O/c1-2-8-17-14-4-3-7-16(11-14)10-12-5-6-13(15)9-12/h5-6,12-14H,2-4,7-11,15H2,1H3. The van der Waals surface area contributed by atoms with E-state index in [2.05, 4.69) is 24.0 Å². The molecule has 1 fully saturated rings. The summed E-state index contributed by atoms with van der Waals surface area (Å²) < 4.78 is 5.86. The second-order valence-electron chi connectivity index (χ2n) is 5.44. The van der Waals surface area contributed by atoms with Gasteiger partial charge in [-0.05, 0) is 38.1 Å². The number of piperidine rings is 1. The number of hydrogen-bond acceptors (Lipinski definition) is 3. The van der Waals surface area contributed by atoms with Crippen molar-refractivity contribution in [3.8, 4) is 0 Å². The summed E-state index contributed by atoms with van der Waals surface area (Å²) in [5, 5.41) is 0. The zero-order valence-electron chi connectivity index (χ0n) is 11.0. The predicted octanol–water partition coefficient (Wildman–Crippen LogP) is 1.78. The van der Waals surface area contributed by atoms with Crippen LogP contribution in [0.5, 0.6) is 0 Å². The predicted molar refractivity (Wildman–Crippen MR) is 70.9 cm³/mol. The zero-order valence-corrected chi connectivity index (χ0v) is 11.0. The van der Waals surface area contributed by atoms with E-state index in [0.717, 1.165) is 32.5 Å². The molecule has 0 aromatic heterocycles. The highest BCUT2D eigenvalue weighted by Crippen LogP contribution is 2.21. The smallest absolute Gasteiger partial charge is 0.0702 e. The van der Waals surface area contributed by atoms with Gasteiger partial charge in [0.15, 0.2) is 0 Å².